The Kier molecular flexibility index (Phi) is 6.59. The number of nitrogens with one attached hydrogen (secondary N) is 1. The maximum absolute atomic E-state index is 11.3. The smallest absolute Gasteiger partial charge is 0.222 e. The van der Waals surface area contributed by atoms with Gasteiger partial charge in [0.1, 0.15) is 0 Å². The average molecular weight is 187 g/mol. The van der Waals surface area contributed by atoms with Crippen LogP contribution in [-0.2, 0) is 4.79 Å². The van der Waals surface area contributed by atoms with Crippen molar-refractivity contribution in [2.45, 2.75) is 46.1 Å². The summed E-state index contributed by atoms with van der Waals surface area (Å²) in [6.07, 6.45) is 2.15. The van der Waals surface area contributed by atoms with Crippen molar-refractivity contribution in [3.8, 4) is 0 Å². The maximum atomic E-state index is 11.3. The summed E-state index contributed by atoms with van der Waals surface area (Å²) in [6.45, 7) is 6.27. The van der Waals surface area contributed by atoms with Crippen LogP contribution in [0.4, 0.5) is 0 Å². The van der Waals surface area contributed by atoms with Crippen molar-refractivity contribution in [2.75, 3.05) is 6.54 Å². The fourth-order valence-corrected chi connectivity index (χ4v) is 1.01. The minimum absolute atomic E-state index is 0.0395. The number of rotatable bonds is 6. The van der Waals surface area contributed by atoms with Crippen LogP contribution in [0.1, 0.15) is 40.0 Å². The molecular weight excluding hydrogens is 166 g/mol. The van der Waals surface area contributed by atoms with Crippen molar-refractivity contribution in [2.24, 2.45) is 5.92 Å². The second kappa shape index (κ2) is 6.89. The molecule has 0 heterocycles. The van der Waals surface area contributed by atoms with Crippen molar-refractivity contribution >= 4 is 5.91 Å². The minimum atomic E-state index is -0.391. The van der Waals surface area contributed by atoms with E-state index in [4.69, 9.17) is 0 Å². The molecule has 0 aromatic carbocycles. The van der Waals surface area contributed by atoms with Gasteiger partial charge < -0.3 is 10.4 Å². The molecule has 2 atom stereocenters. The fraction of sp³-hybridized carbons (Fsp3) is 0.900. The lowest BCUT2D eigenvalue weighted by molar-refractivity contribution is -0.125. The number of hydrogen-bond acceptors (Lipinski definition) is 2. The normalized spacial score (nSPS) is 15.1. The molecule has 0 saturated carbocycles. The van der Waals surface area contributed by atoms with Crippen molar-refractivity contribution in [1.29, 1.82) is 0 Å². The molecule has 1 amide bonds. The predicted octanol–water partition coefficient (Wildman–Crippen LogP) is 1.31. The van der Waals surface area contributed by atoms with E-state index in [2.05, 4.69) is 5.32 Å². The molecule has 2 unspecified atom stereocenters. The van der Waals surface area contributed by atoms with Crippen molar-refractivity contribution in [3.05, 3.63) is 0 Å². The Balaban J connectivity index is 3.57. The Labute approximate surface area is 80.5 Å². The summed E-state index contributed by atoms with van der Waals surface area (Å²) < 4.78 is 0. The predicted molar refractivity (Wildman–Crippen MR) is 53.4 cm³/mol. The van der Waals surface area contributed by atoms with Crippen LogP contribution in [0.3, 0.4) is 0 Å². The van der Waals surface area contributed by atoms with E-state index in [-0.39, 0.29) is 11.8 Å². The summed E-state index contributed by atoms with van der Waals surface area (Å²) in [7, 11) is 0. The molecule has 78 valence electrons. The van der Waals surface area contributed by atoms with Gasteiger partial charge in [-0.15, -0.1) is 0 Å². The number of hydrogen-bond donors (Lipinski definition) is 2. The van der Waals surface area contributed by atoms with Crippen LogP contribution < -0.4 is 5.32 Å². The topological polar surface area (TPSA) is 49.3 Å². The molecule has 0 aromatic heterocycles. The van der Waals surface area contributed by atoms with E-state index in [0.29, 0.717) is 6.54 Å². The average Bonchev–Trinajstić information content (AvgIpc) is 2.13. The Bertz CT molecular complexity index is 148. The van der Waals surface area contributed by atoms with E-state index in [0.717, 1.165) is 19.3 Å². The molecule has 0 aromatic rings. The van der Waals surface area contributed by atoms with Gasteiger partial charge in [-0.2, -0.15) is 0 Å². The first-order valence-electron chi connectivity index (χ1n) is 5.07. The zero-order chi connectivity index (χ0) is 10.3. The summed E-state index contributed by atoms with van der Waals surface area (Å²) in [5.74, 6) is 0.0893. The first kappa shape index (κ1) is 12.4. The van der Waals surface area contributed by atoms with Gasteiger partial charge in [0.15, 0.2) is 0 Å². The molecule has 0 saturated heterocycles. The van der Waals surface area contributed by atoms with Crippen LogP contribution in [0.5, 0.6) is 0 Å². The molecule has 0 fully saturated rings. The molecule has 0 aliphatic carbocycles. The van der Waals surface area contributed by atoms with Gasteiger partial charge in [-0.05, 0) is 12.8 Å². The van der Waals surface area contributed by atoms with Crippen molar-refractivity contribution in [1.82, 2.24) is 5.32 Å². The van der Waals surface area contributed by atoms with E-state index in [1.807, 2.05) is 20.8 Å². The third-order valence-electron chi connectivity index (χ3n) is 2.19. The first-order chi connectivity index (χ1) is 6.11. The molecule has 3 heteroatoms. The Morgan fingerprint density at radius 2 is 2.08 bits per heavy atom. The van der Waals surface area contributed by atoms with Gasteiger partial charge in [-0.25, -0.2) is 0 Å². The van der Waals surface area contributed by atoms with Gasteiger partial charge in [-0.3, -0.25) is 4.79 Å². The zero-order valence-corrected chi connectivity index (χ0v) is 8.84. The number of aliphatic hydroxyl groups excluding tert-OH is 1. The van der Waals surface area contributed by atoms with E-state index >= 15 is 0 Å². The van der Waals surface area contributed by atoms with E-state index < -0.39 is 6.10 Å². The second-order valence-corrected chi connectivity index (χ2v) is 3.50. The second-order valence-electron chi connectivity index (χ2n) is 3.50. The SMILES string of the molecule is CCCC(O)CNC(=O)C(C)CC. The molecule has 0 aliphatic heterocycles. The highest BCUT2D eigenvalue weighted by molar-refractivity contribution is 5.78. The summed E-state index contributed by atoms with van der Waals surface area (Å²) in [6, 6.07) is 0. The number of amides is 1. The molecule has 0 bridgehead atoms. The summed E-state index contributed by atoms with van der Waals surface area (Å²) in [4.78, 5) is 11.3. The van der Waals surface area contributed by atoms with Crippen LogP contribution in [0.25, 0.3) is 0 Å². The lowest BCUT2D eigenvalue weighted by Crippen LogP contribution is -2.35. The van der Waals surface area contributed by atoms with Crippen LogP contribution in [0.15, 0.2) is 0 Å². The van der Waals surface area contributed by atoms with Gasteiger partial charge >= 0.3 is 0 Å². The van der Waals surface area contributed by atoms with E-state index in [1.54, 1.807) is 0 Å². The molecule has 3 nitrogen and oxygen atoms in total. The molecule has 0 spiro atoms. The van der Waals surface area contributed by atoms with E-state index in [1.165, 1.54) is 0 Å². The van der Waals surface area contributed by atoms with Crippen LogP contribution in [0.2, 0.25) is 0 Å². The quantitative estimate of drug-likeness (QED) is 0.658. The molecule has 0 aliphatic rings. The highest BCUT2D eigenvalue weighted by Crippen LogP contribution is 2.00. The fourth-order valence-electron chi connectivity index (χ4n) is 1.01. The Morgan fingerprint density at radius 1 is 1.46 bits per heavy atom. The molecule has 0 rings (SSSR count). The largest absolute Gasteiger partial charge is 0.391 e. The van der Waals surface area contributed by atoms with Gasteiger partial charge in [0.2, 0.25) is 5.91 Å². The highest BCUT2D eigenvalue weighted by atomic mass is 16.3. The van der Waals surface area contributed by atoms with Crippen LogP contribution in [-0.4, -0.2) is 23.7 Å². The lowest BCUT2D eigenvalue weighted by Gasteiger charge is -2.13. The summed E-state index contributed by atoms with van der Waals surface area (Å²) >= 11 is 0. The zero-order valence-electron chi connectivity index (χ0n) is 8.84. The highest BCUT2D eigenvalue weighted by Gasteiger charge is 2.11. The standard InChI is InChI=1S/C10H21NO2/c1-4-6-9(12)7-11-10(13)8(3)5-2/h8-9,12H,4-7H2,1-3H3,(H,11,13). The third kappa shape index (κ3) is 5.64. The first-order valence-corrected chi connectivity index (χ1v) is 5.07. The van der Waals surface area contributed by atoms with Crippen LogP contribution >= 0.6 is 0 Å². The van der Waals surface area contributed by atoms with E-state index in [9.17, 15) is 9.90 Å². The van der Waals surface area contributed by atoms with Crippen LogP contribution in [0, 0.1) is 5.92 Å². The Morgan fingerprint density at radius 3 is 2.54 bits per heavy atom. The number of carbonyl (C=O) groups is 1. The molecule has 13 heavy (non-hydrogen) atoms. The molecule has 2 N–H and O–H groups in total. The van der Waals surface area contributed by atoms with Gasteiger partial charge in [0, 0.05) is 12.5 Å². The summed E-state index contributed by atoms with van der Waals surface area (Å²) in [5.41, 5.74) is 0. The van der Waals surface area contributed by atoms with Crippen molar-refractivity contribution in [3.63, 3.8) is 0 Å². The minimum Gasteiger partial charge on any atom is -0.391 e. The number of carbonyl (C=O) groups excluding carboxylic acids is 1. The van der Waals surface area contributed by atoms with Gasteiger partial charge in [0.05, 0.1) is 6.10 Å². The number of aliphatic hydroxyl groups is 1. The molecular formula is C10H21NO2. The van der Waals surface area contributed by atoms with Crippen molar-refractivity contribution < 1.29 is 9.90 Å². The maximum Gasteiger partial charge on any atom is 0.222 e. The lowest BCUT2D eigenvalue weighted by atomic mass is 10.1. The summed E-state index contributed by atoms with van der Waals surface area (Å²) in [5, 5.41) is 12.1. The monoisotopic (exact) mass is 187 g/mol. The molecule has 0 radical (unpaired) electrons. The third-order valence-corrected chi connectivity index (χ3v) is 2.19. The van der Waals surface area contributed by atoms with Gasteiger partial charge in [0.25, 0.3) is 0 Å². The Hall–Kier alpha value is -0.570. The van der Waals surface area contributed by atoms with Gasteiger partial charge in [-0.1, -0.05) is 27.2 Å².